The summed E-state index contributed by atoms with van der Waals surface area (Å²) in [5.74, 6) is -0.115. The highest BCUT2D eigenvalue weighted by molar-refractivity contribution is 6.13. The Morgan fingerprint density at radius 3 is 2.41 bits per heavy atom. The van der Waals surface area contributed by atoms with Gasteiger partial charge >= 0.3 is 0 Å². The van der Waals surface area contributed by atoms with E-state index in [2.05, 4.69) is 29.5 Å². The number of pyridine rings is 1. The minimum absolute atomic E-state index is 0.0153. The van der Waals surface area contributed by atoms with Crippen LogP contribution < -0.4 is 20.4 Å². The fourth-order valence-corrected chi connectivity index (χ4v) is 4.07. The zero-order chi connectivity index (χ0) is 24.4. The number of anilines is 2. The van der Waals surface area contributed by atoms with E-state index in [0.717, 1.165) is 18.4 Å². The molecule has 3 amide bonds. The van der Waals surface area contributed by atoms with Crippen LogP contribution in [0.3, 0.4) is 0 Å². The third kappa shape index (κ3) is 5.12. The summed E-state index contributed by atoms with van der Waals surface area (Å²) >= 11 is 0. The maximum atomic E-state index is 13.2. The van der Waals surface area contributed by atoms with E-state index in [0.29, 0.717) is 22.9 Å². The summed E-state index contributed by atoms with van der Waals surface area (Å²) in [5, 5.41) is 6.26. The molecule has 1 unspecified atom stereocenters. The van der Waals surface area contributed by atoms with E-state index in [4.69, 9.17) is 0 Å². The first-order valence-corrected chi connectivity index (χ1v) is 12.0. The largest absolute Gasteiger partial charge is 0.346 e. The van der Waals surface area contributed by atoms with Gasteiger partial charge in [0.2, 0.25) is 11.8 Å². The van der Waals surface area contributed by atoms with Gasteiger partial charge in [-0.15, -0.1) is 0 Å². The number of amides is 3. The van der Waals surface area contributed by atoms with Crippen molar-refractivity contribution in [1.29, 1.82) is 0 Å². The molecule has 180 valence electrons. The van der Waals surface area contributed by atoms with E-state index in [9.17, 15) is 14.4 Å². The Labute approximate surface area is 200 Å². The molecule has 0 saturated heterocycles. The number of hydrogen-bond donors (Lipinski definition) is 2. The molecule has 2 aliphatic rings. The number of carbonyl (C=O) groups is 3. The Bertz CT molecular complexity index is 1070. The van der Waals surface area contributed by atoms with Crippen LogP contribution in [-0.4, -0.2) is 47.9 Å². The molecule has 8 nitrogen and oxygen atoms in total. The van der Waals surface area contributed by atoms with Crippen molar-refractivity contribution in [2.45, 2.75) is 58.7 Å². The van der Waals surface area contributed by atoms with Gasteiger partial charge in [-0.3, -0.25) is 24.3 Å². The molecule has 0 spiro atoms. The van der Waals surface area contributed by atoms with Crippen molar-refractivity contribution in [2.75, 3.05) is 22.9 Å². The minimum Gasteiger partial charge on any atom is -0.346 e. The van der Waals surface area contributed by atoms with Crippen LogP contribution in [0.2, 0.25) is 0 Å². The van der Waals surface area contributed by atoms with Crippen molar-refractivity contribution in [3.05, 3.63) is 53.9 Å². The van der Waals surface area contributed by atoms with Gasteiger partial charge in [-0.2, -0.15) is 0 Å². The van der Waals surface area contributed by atoms with Crippen molar-refractivity contribution < 1.29 is 14.4 Å². The van der Waals surface area contributed by atoms with E-state index in [-0.39, 0.29) is 48.9 Å². The van der Waals surface area contributed by atoms with E-state index >= 15 is 0 Å². The van der Waals surface area contributed by atoms with Crippen LogP contribution in [0.25, 0.3) is 0 Å². The van der Waals surface area contributed by atoms with Crippen molar-refractivity contribution in [3.63, 3.8) is 0 Å². The number of carbonyl (C=O) groups excluding carboxylic acids is 3. The van der Waals surface area contributed by atoms with Crippen LogP contribution in [0, 0.1) is 5.92 Å². The normalized spacial score (nSPS) is 17.4. The van der Waals surface area contributed by atoms with Gasteiger partial charge in [-0.25, -0.2) is 0 Å². The maximum absolute atomic E-state index is 13.2. The Kier molecular flexibility index (Phi) is 6.97. The number of nitrogens with one attached hydrogen (secondary N) is 2. The molecule has 1 aromatic carbocycles. The Hall–Kier alpha value is -3.26. The minimum atomic E-state index is -0.235. The summed E-state index contributed by atoms with van der Waals surface area (Å²) in [5.41, 5.74) is 2.71. The SMILES string of the molecule is CC(NC(=O)c1ccc2c(c1)N(C(=O)CN[C@@H](C)C(C)C)CC(=O)N2C1CC1)c1ccncc1. The smallest absolute Gasteiger partial charge is 0.251 e. The summed E-state index contributed by atoms with van der Waals surface area (Å²) in [6.45, 7) is 8.25. The quantitative estimate of drug-likeness (QED) is 0.628. The fraction of sp³-hybridized carbons (Fsp3) is 0.462. The Morgan fingerprint density at radius 1 is 1.06 bits per heavy atom. The molecule has 1 saturated carbocycles. The molecular weight excluding hydrogens is 430 g/mol. The predicted molar refractivity (Wildman–Crippen MR) is 132 cm³/mol. The average Bonchev–Trinajstić information content (AvgIpc) is 3.66. The molecule has 0 bridgehead atoms. The number of aromatic nitrogens is 1. The molecule has 1 aliphatic heterocycles. The topological polar surface area (TPSA) is 94.6 Å². The molecule has 8 heteroatoms. The van der Waals surface area contributed by atoms with Crippen molar-refractivity contribution in [2.24, 2.45) is 5.92 Å². The van der Waals surface area contributed by atoms with Gasteiger partial charge in [0.05, 0.1) is 24.0 Å². The van der Waals surface area contributed by atoms with Crippen LogP contribution >= 0.6 is 0 Å². The molecular formula is C26H33N5O3. The van der Waals surface area contributed by atoms with E-state index < -0.39 is 0 Å². The molecule has 1 fully saturated rings. The zero-order valence-electron chi connectivity index (χ0n) is 20.2. The lowest BCUT2D eigenvalue weighted by Crippen LogP contribution is -2.51. The number of rotatable bonds is 8. The first-order chi connectivity index (χ1) is 16.3. The summed E-state index contributed by atoms with van der Waals surface area (Å²) in [6.07, 6.45) is 5.30. The number of nitrogens with zero attached hydrogens (tertiary/aromatic N) is 3. The van der Waals surface area contributed by atoms with Crippen LogP contribution in [-0.2, 0) is 9.59 Å². The van der Waals surface area contributed by atoms with Crippen LogP contribution in [0.15, 0.2) is 42.7 Å². The summed E-state index contributed by atoms with van der Waals surface area (Å²) in [7, 11) is 0. The van der Waals surface area contributed by atoms with Crippen molar-refractivity contribution >= 4 is 29.1 Å². The molecule has 2 N–H and O–H groups in total. The molecule has 34 heavy (non-hydrogen) atoms. The van der Waals surface area contributed by atoms with E-state index in [1.165, 1.54) is 4.90 Å². The van der Waals surface area contributed by atoms with Gasteiger partial charge in [-0.05, 0) is 68.5 Å². The highest BCUT2D eigenvalue weighted by atomic mass is 16.2. The van der Waals surface area contributed by atoms with E-state index in [1.54, 1.807) is 35.5 Å². The molecule has 4 rings (SSSR count). The zero-order valence-corrected chi connectivity index (χ0v) is 20.2. The molecule has 1 aromatic heterocycles. The van der Waals surface area contributed by atoms with Gasteiger partial charge in [0.15, 0.2) is 0 Å². The van der Waals surface area contributed by atoms with Gasteiger partial charge in [0.1, 0.15) is 6.54 Å². The van der Waals surface area contributed by atoms with Crippen molar-refractivity contribution in [1.82, 2.24) is 15.6 Å². The number of benzene rings is 1. The molecule has 0 radical (unpaired) electrons. The second-order valence-electron chi connectivity index (χ2n) is 9.57. The Morgan fingerprint density at radius 2 is 1.76 bits per heavy atom. The standard InChI is InChI=1S/C26H33N5O3/c1-16(2)17(3)28-14-24(32)30-15-25(33)31(21-6-7-21)22-8-5-20(13-23(22)30)26(34)29-18(4)19-9-11-27-12-10-19/h5,8-13,16-18,21,28H,6-7,14-15H2,1-4H3,(H,29,34)/t17-,18?/m0/s1. The monoisotopic (exact) mass is 463 g/mol. The van der Waals surface area contributed by atoms with Gasteiger partial charge < -0.3 is 15.5 Å². The van der Waals surface area contributed by atoms with E-state index in [1.807, 2.05) is 26.0 Å². The van der Waals surface area contributed by atoms with Gasteiger partial charge in [0.25, 0.3) is 5.91 Å². The molecule has 1 aliphatic carbocycles. The maximum Gasteiger partial charge on any atom is 0.251 e. The highest BCUT2D eigenvalue weighted by Gasteiger charge is 2.40. The molecule has 2 aromatic rings. The first-order valence-electron chi connectivity index (χ1n) is 12.0. The summed E-state index contributed by atoms with van der Waals surface area (Å²) in [4.78, 5) is 46.5. The second-order valence-corrected chi connectivity index (χ2v) is 9.57. The predicted octanol–water partition coefficient (Wildman–Crippen LogP) is 3.05. The third-order valence-electron chi connectivity index (χ3n) is 6.69. The lowest BCUT2D eigenvalue weighted by atomic mass is 10.1. The Balaban J connectivity index is 1.59. The number of fused-ring (bicyclic) bond motifs is 1. The van der Waals surface area contributed by atoms with Crippen LogP contribution in [0.5, 0.6) is 0 Å². The molecule has 2 heterocycles. The second kappa shape index (κ2) is 9.93. The van der Waals surface area contributed by atoms with Crippen LogP contribution in [0.1, 0.15) is 62.5 Å². The van der Waals surface area contributed by atoms with Crippen molar-refractivity contribution in [3.8, 4) is 0 Å². The molecule has 2 atom stereocenters. The fourth-order valence-electron chi connectivity index (χ4n) is 4.07. The first kappa shape index (κ1) is 23.9. The average molecular weight is 464 g/mol. The summed E-state index contributed by atoms with van der Waals surface area (Å²) in [6, 6.07) is 9.12. The summed E-state index contributed by atoms with van der Waals surface area (Å²) < 4.78 is 0. The highest BCUT2D eigenvalue weighted by Crippen LogP contribution is 2.41. The number of hydrogen-bond acceptors (Lipinski definition) is 5. The lowest BCUT2D eigenvalue weighted by Gasteiger charge is -2.37. The van der Waals surface area contributed by atoms with Gasteiger partial charge in [-0.1, -0.05) is 13.8 Å². The lowest BCUT2D eigenvalue weighted by molar-refractivity contribution is -0.122. The third-order valence-corrected chi connectivity index (χ3v) is 6.69. The van der Waals surface area contributed by atoms with Gasteiger partial charge in [0, 0.05) is 30.0 Å². The van der Waals surface area contributed by atoms with Crippen LogP contribution in [0.4, 0.5) is 11.4 Å².